The van der Waals surface area contributed by atoms with Gasteiger partial charge in [0.25, 0.3) is 0 Å². The van der Waals surface area contributed by atoms with Crippen molar-refractivity contribution >= 4 is 27.6 Å². The summed E-state index contributed by atoms with van der Waals surface area (Å²) in [6.07, 6.45) is 2.19. The number of carboxylic acids is 1. The molecule has 0 spiro atoms. The van der Waals surface area contributed by atoms with Gasteiger partial charge in [0.1, 0.15) is 23.4 Å². The number of hydrogen-bond donors (Lipinski definition) is 2. The Hall–Kier alpha value is -1.52. The summed E-state index contributed by atoms with van der Waals surface area (Å²) in [5, 5.41) is 21.3. The Morgan fingerprint density at radius 3 is 2.48 bits per heavy atom. The van der Waals surface area contributed by atoms with Gasteiger partial charge in [0.15, 0.2) is 0 Å². The second-order valence-electron chi connectivity index (χ2n) is 5.54. The molecule has 0 radical (unpaired) electrons. The zero-order chi connectivity index (χ0) is 14.8. The molecule has 2 aromatic carbocycles. The van der Waals surface area contributed by atoms with Crippen molar-refractivity contribution in [2.45, 2.75) is 18.9 Å². The van der Waals surface area contributed by atoms with Crippen molar-refractivity contribution < 1.29 is 15.0 Å². The second-order valence-corrected chi connectivity index (χ2v) is 7.91. The number of benzene rings is 2. The standard InChI is InChI=1S/C17H18O3S/c18-16(11-21-7-1-2-8-21)14-5-3-13-10-15(17(19)20)6-4-12(13)9-14/h3-6,9-10,16,18H,1-2,7-8,11H2/p+1. The number of carbonyl (C=O) groups is 1. The van der Waals surface area contributed by atoms with Crippen molar-refractivity contribution in [1.82, 2.24) is 0 Å². The minimum absolute atomic E-state index is 0.295. The molecule has 0 bridgehead atoms. The van der Waals surface area contributed by atoms with Crippen LogP contribution in [0.15, 0.2) is 36.4 Å². The maximum absolute atomic E-state index is 11.0. The fraction of sp³-hybridized carbons (Fsp3) is 0.353. The van der Waals surface area contributed by atoms with Gasteiger partial charge in [0.2, 0.25) is 0 Å². The second kappa shape index (κ2) is 6.08. The van der Waals surface area contributed by atoms with Gasteiger partial charge in [-0.3, -0.25) is 0 Å². The summed E-state index contributed by atoms with van der Waals surface area (Å²) in [5.74, 6) is 2.46. The van der Waals surface area contributed by atoms with Crippen molar-refractivity contribution in [1.29, 1.82) is 0 Å². The van der Waals surface area contributed by atoms with Gasteiger partial charge in [-0.05, 0) is 58.3 Å². The van der Waals surface area contributed by atoms with E-state index in [2.05, 4.69) is 0 Å². The van der Waals surface area contributed by atoms with E-state index in [1.165, 1.54) is 24.3 Å². The van der Waals surface area contributed by atoms with E-state index in [4.69, 9.17) is 5.11 Å². The van der Waals surface area contributed by atoms with Crippen LogP contribution >= 0.6 is 0 Å². The highest BCUT2D eigenvalue weighted by atomic mass is 32.2. The minimum atomic E-state index is -0.913. The highest BCUT2D eigenvalue weighted by Gasteiger charge is 2.27. The number of aromatic carboxylic acids is 1. The van der Waals surface area contributed by atoms with Crippen LogP contribution in [-0.2, 0) is 10.9 Å². The predicted octanol–water partition coefficient (Wildman–Crippen LogP) is 2.98. The summed E-state index contributed by atoms with van der Waals surface area (Å²) in [5.41, 5.74) is 1.23. The number of carboxylic acid groups (broad SMARTS) is 1. The number of fused-ring (bicyclic) bond motifs is 1. The number of aliphatic hydroxyl groups excluding tert-OH is 1. The van der Waals surface area contributed by atoms with E-state index in [1.54, 1.807) is 12.1 Å². The maximum Gasteiger partial charge on any atom is 0.335 e. The van der Waals surface area contributed by atoms with E-state index in [0.717, 1.165) is 22.1 Å². The Bertz CT molecular complexity index is 662. The predicted molar refractivity (Wildman–Crippen MR) is 87.1 cm³/mol. The smallest absolute Gasteiger partial charge is 0.335 e. The van der Waals surface area contributed by atoms with Crippen molar-refractivity contribution in [3.05, 3.63) is 47.5 Å². The van der Waals surface area contributed by atoms with Crippen LogP contribution in [0, 0.1) is 0 Å². The van der Waals surface area contributed by atoms with Crippen molar-refractivity contribution in [2.75, 3.05) is 17.3 Å². The van der Waals surface area contributed by atoms with Crippen LogP contribution < -0.4 is 0 Å². The number of hydrogen-bond acceptors (Lipinski definition) is 2. The third kappa shape index (κ3) is 3.22. The lowest BCUT2D eigenvalue weighted by molar-refractivity contribution is 0.0697. The first-order valence-corrected chi connectivity index (χ1v) is 8.96. The number of aliphatic hydroxyl groups is 1. The summed E-state index contributed by atoms with van der Waals surface area (Å²) in [7, 11) is 0.371. The van der Waals surface area contributed by atoms with Crippen molar-refractivity contribution in [2.24, 2.45) is 0 Å². The summed E-state index contributed by atoms with van der Waals surface area (Å²) in [6.45, 7) is 0. The Morgan fingerprint density at radius 2 is 1.76 bits per heavy atom. The van der Waals surface area contributed by atoms with Crippen LogP contribution in [-0.4, -0.2) is 33.4 Å². The van der Waals surface area contributed by atoms with E-state index in [1.807, 2.05) is 24.3 Å². The van der Waals surface area contributed by atoms with Crippen LogP contribution in [0.3, 0.4) is 0 Å². The lowest BCUT2D eigenvalue weighted by atomic mass is 10.0. The number of rotatable bonds is 4. The molecule has 0 aromatic heterocycles. The lowest BCUT2D eigenvalue weighted by Crippen LogP contribution is -2.16. The zero-order valence-corrected chi connectivity index (χ0v) is 12.6. The molecule has 1 saturated heterocycles. The first-order valence-electron chi connectivity index (χ1n) is 7.22. The molecule has 1 unspecified atom stereocenters. The normalized spacial score (nSPS) is 17.2. The highest BCUT2D eigenvalue weighted by Crippen LogP contribution is 2.25. The van der Waals surface area contributed by atoms with Crippen molar-refractivity contribution in [3.63, 3.8) is 0 Å². The summed E-state index contributed by atoms with van der Waals surface area (Å²) < 4.78 is 0. The van der Waals surface area contributed by atoms with Crippen LogP contribution in [0.5, 0.6) is 0 Å². The SMILES string of the molecule is O=C(O)c1ccc2cc(C(O)C[S+]3CCCC3)ccc2c1. The summed E-state index contributed by atoms with van der Waals surface area (Å²) in [6, 6.07) is 10.9. The largest absolute Gasteiger partial charge is 0.478 e. The molecule has 1 heterocycles. The van der Waals surface area contributed by atoms with E-state index in [0.29, 0.717) is 16.5 Å². The third-order valence-electron chi connectivity index (χ3n) is 4.01. The van der Waals surface area contributed by atoms with E-state index in [-0.39, 0.29) is 0 Å². The molecular weight excluding hydrogens is 284 g/mol. The minimum Gasteiger partial charge on any atom is -0.478 e. The zero-order valence-electron chi connectivity index (χ0n) is 11.8. The fourth-order valence-electron chi connectivity index (χ4n) is 2.81. The molecule has 21 heavy (non-hydrogen) atoms. The van der Waals surface area contributed by atoms with Crippen LogP contribution in [0.4, 0.5) is 0 Å². The monoisotopic (exact) mass is 303 g/mol. The van der Waals surface area contributed by atoms with Crippen molar-refractivity contribution in [3.8, 4) is 0 Å². The molecule has 1 fully saturated rings. The van der Waals surface area contributed by atoms with E-state index in [9.17, 15) is 9.90 Å². The average molecular weight is 303 g/mol. The Labute approximate surface area is 127 Å². The maximum atomic E-state index is 11.0. The first-order chi connectivity index (χ1) is 10.1. The van der Waals surface area contributed by atoms with Gasteiger partial charge < -0.3 is 10.2 Å². The fourth-order valence-corrected chi connectivity index (χ4v) is 5.21. The molecule has 0 amide bonds. The molecule has 0 aliphatic carbocycles. The molecule has 1 aliphatic rings. The summed E-state index contributed by atoms with van der Waals surface area (Å²) >= 11 is 0. The van der Waals surface area contributed by atoms with Gasteiger partial charge in [-0.1, -0.05) is 18.2 Å². The molecule has 2 aromatic rings. The summed E-state index contributed by atoms with van der Waals surface area (Å²) in [4.78, 5) is 11.0. The lowest BCUT2D eigenvalue weighted by Gasteiger charge is -2.11. The molecular formula is C17H19O3S+. The van der Waals surface area contributed by atoms with Gasteiger partial charge in [-0.25, -0.2) is 4.79 Å². The van der Waals surface area contributed by atoms with Crippen LogP contribution in [0.25, 0.3) is 10.8 Å². The Balaban J connectivity index is 1.83. The highest BCUT2D eigenvalue weighted by molar-refractivity contribution is 7.97. The molecule has 110 valence electrons. The molecule has 0 saturated carbocycles. The van der Waals surface area contributed by atoms with Gasteiger partial charge in [0.05, 0.1) is 5.56 Å². The molecule has 3 nitrogen and oxygen atoms in total. The third-order valence-corrected chi connectivity index (χ3v) is 6.52. The van der Waals surface area contributed by atoms with Gasteiger partial charge in [-0.2, -0.15) is 0 Å². The van der Waals surface area contributed by atoms with E-state index < -0.39 is 12.1 Å². The molecule has 4 heteroatoms. The molecule has 2 N–H and O–H groups in total. The van der Waals surface area contributed by atoms with Crippen LogP contribution in [0.2, 0.25) is 0 Å². The first kappa shape index (κ1) is 14.4. The van der Waals surface area contributed by atoms with Gasteiger partial charge in [-0.15, -0.1) is 0 Å². The van der Waals surface area contributed by atoms with E-state index >= 15 is 0 Å². The molecule has 1 aliphatic heterocycles. The van der Waals surface area contributed by atoms with Crippen LogP contribution in [0.1, 0.15) is 34.9 Å². The average Bonchev–Trinajstić information content (AvgIpc) is 2.99. The molecule has 1 atom stereocenters. The topological polar surface area (TPSA) is 57.5 Å². The van der Waals surface area contributed by atoms with Gasteiger partial charge in [0, 0.05) is 0 Å². The quantitative estimate of drug-likeness (QED) is 0.854. The molecule has 3 rings (SSSR count). The Kier molecular flexibility index (Phi) is 4.17. The Morgan fingerprint density at radius 1 is 1.10 bits per heavy atom. The van der Waals surface area contributed by atoms with Gasteiger partial charge >= 0.3 is 5.97 Å².